The lowest BCUT2D eigenvalue weighted by Crippen LogP contribution is -2.49. The monoisotopic (exact) mass is 406 g/mol. The van der Waals surface area contributed by atoms with Crippen LogP contribution < -0.4 is 14.9 Å². The van der Waals surface area contributed by atoms with Crippen molar-refractivity contribution in [3.63, 3.8) is 0 Å². The summed E-state index contributed by atoms with van der Waals surface area (Å²) >= 11 is 3.89. The number of hydroxylamine groups is 3. The topological polar surface area (TPSA) is 113 Å². The molecule has 1 aliphatic heterocycles. The number of carbonyl (C=O) groups is 1. The van der Waals surface area contributed by atoms with E-state index in [9.17, 15) is 9.00 Å². The van der Waals surface area contributed by atoms with Gasteiger partial charge in [0.2, 0.25) is 5.88 Å². The van der Waals surface area contributed by atoms with Gasteiger partial charge in [0, 0.05) is 25.4 Å². The third kappa shape index (κ3) is 6.45. The SMILES string of the molecule is CC(C)[C@@H](NS(=O)ON1CCC(Oc2ccc(Cl)cn2)CC1)C(=O)NO. The Balaban J connectivity index is 1.76. The number of hydrogen-bond donors (Lipinski definition) is 3. The van der Waals surface area contributed by atoms with Crippen molar-refractivity contribution in [2.45, 2.75) is 38.8 Å². The van der Waals surface area contributed by atoms with Crippen LogP contribution in [0.3, 0.4) is 0 Å². The molecule has 0 aliphatic carbocycles. The van der Waals surface area contributed by atoms with E-state index in [-0.39, 0.29) is 12.0 Å². The minimum Gasteiger partial charge on any atom is -0.474 e. The first-order valence-electron chi connectivity index (χ1n) is 8.22. The first-order chi connectivity index (χ1) is 12.4. The van der Waals surface area contributed by atoms with E-state index in [1.54, 1.807) is 36.5 Å². The van der Waals surface area contributed by atoms with Gasteiger partial charge in [-0.15, -0.1) is 0 Å². The summed E-state index contributed by atoms with van der Waals surface area (Å²) < 4.78 is 25.7. The molecule has 1 fully saturated rings. The maximum absolute atomic E-state index is 12.1. The molecule has 3 N–H and O–H groups in total. The fraction of sp³-hybridized carbons (Fsp3) is 0.600. The van der Waals surface area contributed by atoms with E-state index in [4.69, 9.17) is 25.8 Å². The van der Waals surface area contributed by atoms with Gasteiger partial charge in [0.25, 0.3) is 17.2 Å². The molecule has 146 valence electrons. The molecular formula is C15H23ClN4O5S. The largest absolute Gasteiger partial charge is 0.474 e. The Morgan fingerprint density at radius 1 is 1.42 bits per heavy atom. The number of ether oxygens (including phenoxy) is 1. The summed E-state index contributed by atoms with van der Waals surface area (Å²) in [5.41, 5.74) is 1.55. The highest BCUT2D eigenvalue weighted by molar-refractivity contribution is 7.78. The van der Waals surface area contributed by atoms with Crippen LogP contribution in [0.25, 0.3) is 0 Å². The van der Waals surface area contributed by atoms with Gasteiger partial charge in [-0.3, -0.25) is 10.0 Å². The normalized spacial score (nSPS) is 18.5. The van der Waals surface area contributed by atoms with Crippen molar-refractivity contribution in [3.05, 3.63) is 23.4 Å². The van der Waals surface area contributed by atoms with Gasteiger partial charge in [-0.1, -0.05) is 25.4 Å². The average Bonchev–Trinajstić information content (AvgIpc) is 2.62. The fourth-order valence-electron chi connectivity index (χ4n) is 2.41. The van der Waals surface area contributed by atoms with Crippen LogP contribution in [0, 0.1) is 5.92 Å². The Labute approximate surface area is 159 Å². The third-order valence-corrected chi connectivity index (χ3v) is 4.86. The number of aromatic nitrogens is 1. The van der Waals surface area contributed by atoms with Crippen molar-refractivity contribution >= 4 is 28.8 Å². The maximum Gasteiger partial charge on any atom is 0.261 e. The Morgan fingerprint density at radius 2 is 2.12 bits per heavy atom. The number of piperidine rings is 1. The molecule has 2 heterocycles. The molecule has 1 saturated heterocycles. The number of hydrogen-bond acceptors (Lipinski definition) is 7. The highest BCUT2D eigenvalue weighted by Crippen LogP contribution is 2.19. The van der Waals surface area contributed by atoms with E-state index in [0.717, 1.165) is 0 Å². The molecule has 1 aliphatic rings. The van der Waals surface area contributed by atoms with Crippen LogP contribution in [0.4, 0.5) is 0 Å². The molecule has 26 heavy (non-hydrogen) atoms. The van der Waals surface area contributed by atoms with Crippen LogP contribution in [-0.4, -0.2) is 50.6 Å². The molecule has 0 spiro atoms. The number of nitrogens with one attached hydrogen (secondary N) is 2. The average molecular weight is 407 g/mol. The van der Waals surface area contributed by atoms with Gasteiger partial charge in [0.05, 0.1) is 5.02 Å². The van der Waals surface area contributed by atoms with Crippen LogP contribution in [0.15, 0.2) is 18.3 Å². The number of amides is 1. The Kier molecular flexibility index (Phi) is 8.19. The van der Waals surface area contributed by atoms with E-state index in [1.165, 1.54) is 6.20 Å². The second kappa shape index (κ2) is 10.1. The summed E-state index contributed by atoms with van der Waals surface area (Å²) in [7, 11) is 0. The molecule has 1 amide bonds. The van der Waals surface area contributed by atoms with Crippen LogP contribution in [-0.2, 0) is 20.3 Å². The molecule has 1 unspecified atom stereocenters. The van der Waals surface area contributed by atoms with Gasteiger partial charge >= 0.3 is 0 Å². The van der Waals surface area contributed by atoms with E-state index in [1.807, 2.05) is 0 Å². The van der Waals surface area contributed by atoms with Gasteiger partial charge in [0.1, 0.15) is 12.1 Å². The second-order valence-electron chi connectivity index (χ2n) is 6.19. The first kappa shape index (κ1) is 21.0. The highest BCUT2D eigenvalue weighted by atomic mass is 35.5. The standard InChI is InChI=1S/C15H23ClN4O5S/c1-10(2)14(15(21)18-22)19-26(23)25-20-7-5-12(6-8-20)24-13-4-3-11(16)9-17-13/h3-4,9-10,12,14,19,22H,5-8H2,1-2H3,(H,18,21)/t14-,26?/m1/s1. The molecule has 9 nitrogen and oxygen atoms in total. The number of pyridine rings is 1. The molecule has 1 aromatic heterocycles. The van der Waals surface area contributed by atoms with E-state index < -0.39 is 23.2 Å². The molecule has 0 aromatic carbocycles. The lowest BCUT2D eigenvalue weighted by molar-refractivity contribution is -0.132. The first-order valence-corrected chi connectivity index (χ1v) is 9.67. The fourth-order valence-corrected chi connectivity index (χ4v) is 3.49. The summed E-state index contributed by atoms with van der Waals surface area (Å²) in [4.78, 5) is 15.7. The molecule has 2 rings (SSSR count). The number of halogens is 1. The Morgan fingerprint density at radius 3 is 2.65 bits per heavy atom. The van der Waals surface area contributed by atoms with Crippen LogP contribution >= 0.6 is 11.6 Å². The smallest absolute Gasteiger partial charge is 0.261 e. The van der Waals surface area contributed by atoms with Crippen molar-refractivity contribution in [1.82, 2.24) is 20.2 Å². The number of nitrogens with zero attached hydrogens (tertiary/aromatic N) is 2. The quantitative estimate of drug-likeness (QED) is 0.439. The minimum atomic E-state index is -1.91. The molecule has 0 radical (unpaired) electrons. The van der Waals surface area contributed by atoms with Crippen molar-refractivity contribution < 1.29 is 23.2 Å². The molecule has 1 aromatic rings. The maximum atomic E-state index is 12.1. The Hall–Kier alpha value is -1.30. The van der Waals surface area contributed by atoms with Gasteiger partial charge in [-0.05, 0) is 24.8 Å². The summed E-state index contributed by atoms with van der Waals surface area (Å²) in [6.07, 6.45) is 2.85. The lowest BCUT2D eigenvalue weighted by atomic mass is 10.1. The van der Waals surface area contributed by atoms with Crippen LogP contribution in [0.5, 0.6) is 5.88 Å². The van der Waals surface area contributed by atoms with Gasteiger partial charge in [-0.25, -0.2) is 19.4 Å². The molecular weight excluding hydrogens is 384 g/mol. The molecule has 11 heteroatoms. The van der Waals surface area contributed by atoms with Crippen molar-refractivity contribution in [2.24, 2.45) is 5.92 Å². The second-order valence-corrected chi connectivity index (χ2v) is 7.48. The summed E-state index contributed by atoms with van der Waals surface area (Å²) in [6, 6.07) is 2.59. The molecule has 2 atom stereocenters. The van der Waals surface area contributed by atoms with Crippen LogP contribution in [0.1, 0.15) is 26.7 Å². The van der Waals surface area contributed by atoms with Gasteiger partial charge in [-0.2, -0.15) is 9.35 Å². The van der Waals surface area contributed by atoms with E-state index in [0.29, 0.717) is 36.8 Å². The summed E-state index contributed by atoms with van der Waals surface area (Å²) in [6.45, 7) is 4.56. The van der Waals surface area contributed by atoms with Crippen molar-refractivity contribution in [3.8, 4) is 5.88 Å². The predicted molar refractivity (Wildman–Crippen MR) is 95.4 cm³/mol. The Bertz CT molecular complexity index is 611. The molecule has 0 saturated carbocycles. The zero-order valence-corrected chi connectivity index (χ0v) is 16.1. The van der Waals surface area contributed by atoms with Crippen LogP contribution in [0.2, 0.25) is 5.02 Å². The lowest BCUT2D eigenvalue weighted by Gasteiger charge is -2.30. The minimum absolute atomic E-state index is 0.0199. The number of carbonyl (C=O) groups excluding carboxylic acids is 1. The number of rotatable bonds is 8. The van der Waals surface area contributed by atoms with Crippen molar-refractivity contribution in [2.75, 3.05) is 13.1 Å². The predicted octanol–water partition coefficient (Wildman–Crippen LogP) is 1.21. The molecule has 0 bridgehead atoms. The van der Waals surface area contributed by atoms with E-state index in [2.05, 4.69) is 9.71 Å². The summed E-state index contributed by atoms with van der Waals surface area (Å²) in [5, 5.41) is 10.8. The zero-order chi connectivity index (χ0) is 19.1. The van der Waals surface area contributed by atoms with Gasteiger partial charge in [0.15, 0.2) is 0 Å². The van der Waals surface area contributed by atoms with Gasteiger partial charge < -0.3 is 4.74 Å². The van der Waals surface area contributed by atoms with E-state index >= 15 is 0 Å². The highest BCUT2D eigenvalue weighted by Gasteiger charge is 2.27. The van der Waals surface area contributed by atoms with Crippen molar-refractivity contribution in [1.29, 1.82) is 0 Å². The third-order valence-electron chi connectivity index (χ3n) is 3.84. The summed E-state index contributed by atoms with van der Waals surface area (Å²) in [5.74, 6) is -0.339. The zero-order valence-electron chi connectivity index (χ0n) is 14.6.